The number of anilines is 1. The van der Waals surface area contributed by atoms with E-state index < -0.39 is 6.10 Å². The normalized spacial score (nSPS) is 11.4. The van der Waals surface area contributed by atoms with Crippen LogP contribution in [0.3, 0.4) is 0 Å². The molecule has 3 nitrogen and oxygen atoms in total. The monoisotopic (exact) mass is 295 g/mol. The van der Waals surface area contributed by atoms with Gasteiger partial charge in [0.05, 0.1) is 0 Å². The third-order valence-corrected chi connectivity index (χ3v) is 2.31. The number of hydrogen-bond acceptors (Lipinski definition) is 3. The standard InChI is InChI=1S/C12H16NO2.Y/c1-10-3-5-11(6-4-10)13(2)8-7-12(15)9-14;/h3,5-6,9,12,15H,7-8H2,1-2H3;/q-1;. The van der Waals surface area contributed by atoms with Gasteiger partial charge in [-0.05, 0) is 13.5 Å². The topological polar surface area (TPSA) is 40.5 Å². The molecule has 0 aromatic heterocycles. The molecule has 1 atom stereocenters. The number of aryl methyl sites for hydroxylation is 1. The van der Waals surface area contributed by atoms with E-state index >= 15 is 0 Å². The maximum atomic E-state index is 10.2. The minimum Gasteiger partial charge on any atom is -0.426 e. The van der Waals surface area contributed by atoms with E-state index in [-0.39, 0.29) is 32.7 Å². The van der Waals surface area contributed by atoms with Gasteiger partial charge in [-0.1, -0.05) is 12.6 Å². The van der Waals surface area contributed by atoms with Crippen LogP contribution in [0.5, 0.6) is 0 Å². The van der Waals surface area contributed by atoms with Crippen LogP contribution in [0.1, 0.15) is 12.0 Å². The van der Waals surface area contributed by atoms with Crippen LogP contribution < -0.4 is 4.90 Å². The van der Waals surface area contributed by atoms with Crippen molar-refractivity contribution in [2.75, 3.05) is 18.5 Å². The summed E-state index contributed by atoms with van der Waals surface area (Å²) >= 11 is 0. The molecule has 0 heterocycles. The van der Waals surface area contributed by atoms with Crippen molar-refractivity contribution in [3.05, 3.63) is 29.8 Å². The minimum absolute atomic E-state index is 0. The van der Waals surface area contributed by atoms with Crippen LogP contribution in [0, 0.1) is 13.0 Å². The molecule has 16 heavy (non-hydrogen) atoms. The number of hydrogen-bond donors (Lipinski definition) is 1. The van der Waals surface area contributed by atoms with Crippen LogP contribution in [0.15, 0.2) is 18.2 Å². The average molecular weight is 295 g/mol. The number of carbonyl (C=O) groups excluding carboxylic acids is 1. The smallest absolute Gasteiger partial charge is 0.148 e. The van der Waals surface area contributed by atoms with E-state index in [1.165, 1.54) is 0 Å². The molecule has 0 saturated carbocycles. The van der Waals surface area contributed by atoms with Crippen LogP contribution in [0.2, 0.25) is 0 Å². The van der Waals surface area contributed by atoms with Crippen molar-refractivity contribution in [2.45, 2.75) is 19.4 Å². The fourth-order valence-corrected chi connectivity index (χ4v) is 1.25. The Morgan fingerprint density at radius 1 is 1.56 bits per heavy atom. The number of aldehydes is 1. The molecule has 1 unspecified atom stereocenters. The first kappa shape index (κ1) is 15.8. The van der Waals surface area contributed by atoms with Crippen LogP contribution in [-0.2, 0) is 37.5 Å². The third kappa shape index (κ3) is 5.19. The molecular formula is C12H16NO2Y-. The van der Waals surface area contributed by atoms with Crippen molar-refractivity contribution in [1.29, 1.82) is 0 Å². The Morgan fingerprint density at radius 3 is 2.75 bits per heavy atom. The van der Waals surface area contributed by atoms with E-state index in [1.54, 1.807) is 0 Å². The molecule has 85 valence electrons. The minimum atomic E-state index is -0.859. The van der Waals surface area contributed by atoms with E-state index in [1.807, 2.05) is 37.1 Å². The van der Waals surface area contributed by atoms with Gasteiger partial charge in [0, 0.05) is 39.3 Å². The van der Waals surface area contributed by atoms with Crippen molar-refractivity contribution in [3.63, 3.8) is 0 Å². The first-order valence-electron chi connectivity index (χ1n) is 4.96. The molecule has 1 aromatic carbocycles. The fraction of sp³-hybridized carbons (Fsp3) is 0.417. The Labute approximate surface area is 122 Å². The van der Waals surface area contributed by atoms with Crippen molar-refractivity contribution in [3.8, 4) is 0 Å². The van der Waals surface area contributed by atoms with Crippen molar-refractivity contribution < 1.29 is 42.6 Å². The summed E-state index contributed by atoms with van der Waals surface area (Å²) in [6.07, 6.45) is 0.157. The zero-order chi connectivity index (χ0) is 11.3. The van der Waals surface area contributed by atoms with Crippen LogP contribution >= 0.6 is 0 Å². The van der Waals surface area contributed by atoms with Gasteiger partial charge >= 0.3 is 0 Å². The summed E-state index contributed by atoms with van der Waals surface area (Å²) in [4.78, 5) is 12.2. The van der Waals surface area contributed by atoms with Gasteiger partial charge < -0.3 is 14.8 Å². The van der Waals surface area contributed by atoms with Crippen molar-refractivity contribution in [1.82, 2.24) is 0 Å². The molecule has 0 bridgehead atoms. The number of carbonyl (C=O) groups is 1. The number of aliphatic hydroxyl groups is 1. The van der Waals surface area contributed by atoms with Gasteiger partial charge in [0.25, 0.3) is 0 Å². The van der Waals surface area contributed by atoms with Gasteiger partial charge in [-0.25, -0.2) is 0 Å². The summed E-state index contributed by atoms with van der Waals surface area (Å²) in [7, 11) is 1.93. The Bertz CT molecular complexity index is 313. The predicted octanol–water partition coefficient (Wildman–Crippen LogP) is 1.18. The molecule has 4 heteroatoms. The van der Waals surface area contributed by atoms with Gasteiger partial charge in [-0.2, -0.15) is 23.8 Å². The first-order chi connectivity index (χ1) is 7.13. The van der Waals surface area contributed by atoms with Crippen LogP contribution in [-0.4, -0.2) is 31.1 Å². The number of benzene rings is 1. The third-order valence-electron chi connectivity index (χ3n) is 2.31. The second-order valence-electron chi connectivity index (χ2n) is 3.64. The second-order valence-corrected chi connectivity index (χ2v) is 3.64. The summed E-state index contributed by atoms with van der Waals surface area (Å²) in [6, 6.07) is 9.00. The SMILES string of the molecule is Cc1[c-]cc(N(C)CCC(O)C=O)cc1.[Y]. The second kappa shape index (κ2) is 7.94. The first-order valence-corrected chi connectivity index (χ1v) is 4.96. The maximum Gasteiger partial charge on any atom is 0.148 e. The molecular weight excluding hydrogens is 279 g/mol. The van der Waals surface area contributed by atoms with Gasteiger partial charge in [0.1, 0.15) is 12.4 Å². The average Bonchev–Trinajstić information content (AvgIpc) is 2.26. The molecule has 0 aliphatic heterocycles. The maximum absolute atomic E-state index is 10.2. The summed E-state index contributed by atoms with van der Waals surface area (Å²) in [5.74, 6) is 0. The van der Waals surface area contributed by atoms with Crippen LogP contribution in [0.25, 0.3) is 0 Å². The van der Waals surface area contributed by atoms with Gasteiger partial charge in [-0.3, -0.25) is 0 Å². The Kier molecular flexibility index (Phi) is 7.81. The number of aliphatic hydroxyl groups excluding tert-OH is 1. The molecule has 1 N–H and O–H groups in total. The quantitative estimate of drug-likeness (QED) is 0.655. The molecule has 1 aromatic rings. The predicted molar refractivity (Wildman–Crippen MR) is 60.0 cm³/mol. The van der Waals surface area contributed by atoms with Crippen molar-refractivity contribution in [2.24, 2.45) is 0 Å². The molecule has 0 amide bonds. The van der Waals surface area contributed by atoms with Gasteiger partial charge in [-0.15, -0.1) is 6.07 Å². The number of nitrogens with zero attached hydrogens (tertiary/aromatic N) is 1. The Morgan fingerprint density at radius 2 is 2.25 bits per heavy atom. The van der Waals surface area contributed by atoms with Gasteiger partial charge in [0.15, 0.2) is 0 Å². The van der Waals surface area contributed by atoms with Gasteiger partial charge in [0.2, 0.25) is 0 Å². The van der Waals surface area contributed by atoms with E-state index in [9.17, 15) is 4.79 Å². The Balaban J connectivity index is 0.00000225. The van der Waals surface area contributed by atoms with Crippen LogP contribution in [0.4, 0.5) is 5.69 Å². The summed E-state index contributed by atoms with van der Waals surface area (Å²) < 4.78 is 0. The number of rotatable bonds is 5. The van der Waals surface area contributed by atoms with E-state index in [0.717, 1.165) is 11.3 Å². The summed E-state index contributed by atoms with van der Waals surface area (Å²) in [5.41, 5.74) is 2.14. The molecule has 0 fully saturated rings. The molecule has 1 radical (unpaired) electrons. The zero-order valence-corrected chi connectivity index (χ0v) is 12.5. The molecule has 0 saturated heterocycles. The fourth-order valence-electron chi connectivity index (χ4n) is 1.25. The zero-order valence-electron chi connectivity index (χ0n) is 9.68. The summed E-state index contributed by atoms with van der Waals surface area (Å²) in [6.45, 7) is 2.64. The van der Waals surface area contributed by atoms with E-state index in [2.05, 4.69) is 6.07 Å². The molecule has 0 aliphatic carbocycles. The largest absolute Gasteiger partial charge is 0.426 e. The summed E-state index contributed by atoms with van der Waals surface area (Å²) in [5, 5.41) is 9.10. The Hall–Kier alpha value is -0.246. The van der Waals surface area contributed by atoms with Crippen molar-refractivity contribution >= 4 is 12.0 Å². The van der Waals surface area contributed by atoms with E-state index in [4.69, 9.17) is 5.11 Å². The van der Waals surface area contributed by atoms with E-state index in [0.29, 0.717) is 19.3 Å². The molecule has 1 rings (SSSR count). The molecule has 0 aliphatic rings. The molecule has 0 spiro atoms.